The molecule has 180 valence electrons. The summed E-state index contributed by atoms with van der Waals surface area (Å²) in [6, 6.07) is 16.0. The van der Waals surface area contributed by atoms with Gasteiger partial charge in [-0.2, -0.15) is 9.49 Å². The lowest BCUT2D eigenvalue weighted by Gasteiger charge is -2.11. The van der Waals surface area contributed by atoms with Gasteiger partial charge < -0.3 is 9.88 Å². The SMILES string of the molecule is Cn1nccc1-c1ccc2c(=O)n(Cc3cc(F)cc(C(=O)NCc4ccc(F)nc4)c3)ccc2c1. The largest absolute Gasteiger partial charge is 0.348 e. The molecule has 3 aromatic heterocycles. The highest BCUT2D eigenvalue weighted by molar-refractivity contribution is 5.94. The molecule has 5 rings (SSSR count). The maximum atomic E-state index is 14.3. The van der Waals surface area contributed by atoms with Gasteiger partial charge in [0, 0.05) is 48.7 Å². The molecule has 0 saturated carbocycles. The van der Waals surface area contributed by atoms with Crippen molar-refractivity contribution in [3.8, 4) is 11.3 Å². The quantitative estimate of drug-likeness (QED) is 0.368. The predicted molar refractivity (Wildman–Crippen MR) is 131 cm³/mol. The van der Waals surface area contributed by atoms with Crippen LogP contribution in [0.25, 0.3) is 22.0 Å². The number of aryl methyl sites for hydroxylation is 1. The Morgan fingerprint density at radius 3 is 2.61 bits per heavy atom. The van der Waals surface area contributed by atoms with Crippen LogP contribution in [0.4, 0.5) is 8.78 Å². The van der Waals surface area contributed by atoms with E-state index in [1.54, 1.807) is 29.2 Å². The first-order valence-corrected chi connectivity index (χ1v) is 11.2. The summed E-state index contributed by atoms with van der Waals surface area (Å²) in [5, 5.41) is 8.17. The smallest absolute Gasteiger partial charge is 0.258 e. The van der Waals surface area contributed by atoms with Crippen LogP contribution in [0.5, 0.6) is 0 Å². The Labute approximate surface area is 204 Å². The van der Waals surface area contributed by atoms with E-state index in [0.717, 1.165) is 22.7 Å². The molecular formula is C27H21F2N5O2. The van der Waals surface area contributed by atoms with Crippen LogP contribution < -0.4 is 10.9 Å². The van der Waals surface area contributed by atoms with Crippen LogP contribution >= 0.6 is 0 Å². The van der Waals surface area contributed by atoms with Gasteiger partial charge >= 0.3 is 0 Å². The number of hydrogen-bond acceptors (Lipinski definition) is 4. The van der Waals surface area contributed by atoms with Crippen LogP contribution in [0.3, 0.4) is 0 Å². The average molecular weight is 485 g/mol. The number of carbonyl (C=O) groups is 1. The third-order valence-electron chi connectivity index (χ3n) is 5.91. The maximum absolute atomic E-state index is 14.3. The summed E-state index contributed by atoms with van der Waals surface area (Å²) in [7, 11) is 1.85. The van der Waals surface area contributed by atoms with Crippen LogP contribution in [0.15, 0.2) is 84.0 Å². The topological polar surface area (TPSA) is 81.8 Å². The van der Waals surface area contributed by atoms with Crippen LogP contribution in [0.2, 0.25) is 0 Å². The van der Waals surface area contributed by atoms with Crippen molar-refractivity contribution in [1.29, 1.82) is 0 Å². The minimum atomic E-state index is -0.613. The van der Waals surface area contributed by atoms with Gasteiger partial charge in [-0.25, -0.2) is 9.37 Å². The highest BCUT2D eigenvalue weighted by atomic mass is 19.1. The van der Waals surface area contributed by atoms with E-state index in [2.05, 4.69) is 15.4 Å². The number of aromatic nitrogens is 4. The summed E-state index contributed by atoms with van der Waals surface area (Å²) in [4.78, 5) is 29.3. The van der Waals surface area contributed by atoms with E-state index >= 15 is 0 Å². The van der Waals surface area contributed by atoms with Crippen molar-refractivity contribution in [1.82, 2.24) is 24.6 Å². The molecule has 3 heterocycles. The number of rotatable bonds is 6. The third kappa shape index (κ3) is 4.76. The molecule has 0 spiro atoms. The van der Waals surface area contributed by atoms with Gasteiger partial charge in [0.1, 0.15) is 5.82 Å². The molecule has 0 aliphatic heterocycles. The number of nitrogens with one attached hydrogen (secondary N) is 1. The molecule has 0 bridgehead atoms. The van der Waals surface area contributed by atoms with Crippen molar-refractivity contribution in [3.63, 3.8) is 0 Å². The molecule has 36 heavy (non-hydrogen) atoms. The molecule has 5 aromatic rings. The minimum Gasteiger partial charge on any atom is -0.348 e. The monoisotopic (exact) mass is 485 g/mol. The van der Waals surface area contributed by atoms with Crippen molar-refractivity contribution in [2.24, 2.45) is 7.05 Å². The second kappa shape index (κ2) is 9.53. The average Bonchev–Trinajstić information content (AvgIpc) is 3.30. The van der Waals surface area contributed by atoms with Gasteiger partial charge in [0.05, 0.1) is 12.2 Å². The molecule has 0 saturated heterocycles. The van der Waals surface area contributed by atoms with E-state index in [1.807, 2.05) is 31.3 Å². The summed E-state index contributed by atoms with van der Waals surface area (Å²) in [6.45, 7) is 0.209. The zero-order valence-electron chi connectivity index (χ0n) is 19.3. The second-order valence-electron chi connectivity index (χ2n) is 8.41. The van der Waals surface area contributed by atoms with Gasteiger partial charge in [0.2, 0.25) is 5.95 Å². The molecule has 0 radical (unpaired) electrons. The fraction of sp³-hybridized carbons (Fsp3) is 0.111. The van der Waals surface area contributed by atoms with Crippen molar-refractivity contribution in [3.05, 3.63) is 118 Å². The number of hydrogen-bond donors (Lipinski definition) is 1. The first kappa shape index (κ1) is 23.1. The highest BCUT2D eigenvalue weighted by Gasteiger charge is 2.12. The van der Waals surface area contributed by atoms with E-state index in [4.69, 9.17) is 0 Å². The third-order valence-corrected chi connectivity index (χ3v) is 5.91. The molecule has 2 aromatic carbocycles. The highest BCUT2D eigenvalue weighted by Crippen LogP contribution is 2.22. The first-order chi connectivity index (χ1) is 17.4. The number of benzene rings is 2. The Hall–Kier alpha value is -4.66. The lowest BCUT2D eigenvalue weighted by Crippen LogP contribution is -2.24. The lowest BCUT2D eigenvalue weighted by atomic mass is 10.1. The zero-order chi connectivity index (χ0) is 25.2. The number of pyridine rings is 2. The molecule has 0 aliphatic carbocycles. The Morgan fingerprint density at radius 1 is 1.00 bits per heavy atom. The molecule has 0 aliphatic rings. The fourth-order valence-corrected chi connectivity index (χ4v) is 4.09. The molecule has 9 heteroatoms. The van der Waals surface area contributed by atoms with E-state index < -0.39 is 17.7 Å². The molecule has 0 atom stereocenters. The molecule has 7 nitrogen and oxygen atoms in total. The Balaban J connectivity index is 1.37. The van der Waals surface area contributed by atoms with E-state index in [9.17, 15) is 18.4 Å². The number of fused-ring (bicyclic) bond motifs is 1. The van der Waals surface area contributed by atoms with E-state index in [-0.39, 0.29) is 24.2 Å². The lowest BCUT2D eigenvalue weighted by molar-refractivity contribution is 0.0950. The van der Waals surface area contributed by atoms with Crippen molar-refractivity contribution >= 4 is 16.7 Å². The zero-order valence-corrected chi connectivity index (χ0v) is 19.3. The Bertz CT molecular complexity index is 1640. The van der Waals surface area contributed by atoms with Crippen LogP contribution in [0, 0.1) is 11.8 Å². The minimum absolute atomic E-state index is 0.0954. The molecule has 1 amide bonds. The Kier molecular flexibility index (Phi) is 6.12. The molecule has 0 unspecified atom stereocenters. The molecular weight excluding hydrogens is 464 g/mol. The summed E-state index contributed by atoms with van der Waals surface area (Å²) < 4.78 is 30.5. The van der Waals surface area contributed by atoms with Crippen LogP contribution in [-0.2, 0) is 20.1 Å². The number of carbonyl (C=O) groups excluding carboxylic acids is 1. The number of amides is 1. The van der Waals surface area contributed by atoms with E-state index in [0.29, 0.717) is 16.5 Å². The summed E-state index contributed by atoms with van der Waals surface area (Å²) in [6.07, 6.45) is 4.69. The van der Waals surface area contributed by atoms with Crippen LogP contribution in [-0.4, -0.2) is 25.2 Å². The summed E-state index contributed by atoms with van der Waals surface area (Å²) >= 11 is 0. The number of nitrogens with zero attached hydrogens (tertiary/aromatic N) is 4. The maximum Gasteiger partial charge on any atom is 0.258 e. The fourth-order valence-electron chi connectivity index (χ4n) is 4.09. The van der Waals surface area contributed by atoms with E-state index in [1.165, 1.54) is 29.0 Å². The normalized spacial score (nSPS) is 11.1. The molecule has 1 N–H and O–H groups in total. The summed E-state index contributed by atoms with van der Waals surface area (Å²) in [5.74, 6) is -1.69. The van der Waals surface area contributed by atoms with Gasteiger partial charge in [-0.1, -0.05) is 12.1 Å². The molecule has 0 fully saturated rings. The van der Waals surface area contributed by atoms with Crippen molar-refractivity contribution in [2.45, 2.75) is 13.1 Å². The summed E-state index contributed by atoms with van der Waals surface area (Å²) in [5.41, 5.74) is 2.85. The van der Waals surface area contributed by atoms with Crippen molar-refractivity contribution in [2.75, 3.05) is 0 Å². The number of halogens is 2. The van der Waals surface area contributed by atoms with Gasteiger partial charge in [-0.3, -0.25) is 14.3 Å². The Morgan fingerprint density at radius 2 is 1.86 bits per heavy atom. The van der Waals surface area contributed by atoms with Gasteiger partial charge in [-0.05, 0) is 65.0 Å². The van der Waals surface area contributed by atoms with Gasteiger partial charge in [-0.15, -0.1) is 0 Å². The second-order valence-corrected chi connectivity index (χ2v) is 8.41. The first-order valence-electron chi connectivity index (χ1n) is 11.2. The van der Waals surface area contributed by atoms with Gasteiger partial charge in [0.15, 0.2) is 0 Å². The van der Waals surface area contributed by atoms with Crippen LogP contribution in [0.1, 0.15) is 21.5 Å². The van der Waals surface area contributed by atoms with Crippen molar-refractivity contribution < 1.29 is 13.6 Å². The predicted octanol–water partition coefficient (Wildman–Crippen LogP) is 4.05. The standard InChI is InChI=1S/C27H21F2N5O2/c1-33-24(6-8-32-33)20-3-4-23-19(12-20)7-9-34(27(23)36)16-18-10-21(13-22(28)11-18)26(35)31-15-17-2-5-25(29)30-14-17/h2-14H,15-16H2,1H3,(H,31,35). The van der Waals surface area contributed by atoms with Gasteiger partial charge in [0.25, 0.3) is 11.5 Å².